The molecular weight excluding hydrogens is 198 g/mol. The van der Waals surface area contributed by atoms with Crippen molar-refractivity contribution >= 4 is 5.69 Å². The van der Waals surface area contributed by atoms with Crippen molar-refractivity contribution < 1.29 is 9.66 Å². The molecule has 0 bridgehead atoms. The molecule has 1 aliphatic rings. The zero-order valence-corrected chi connectivity index (χ0v) is 8.50. The zero-order valence-electron chi connectivity index (χ0n) is 8.50. The van der Waals surface area contributed by atoms with E-state index < -0.39 is 4.92 Å². The molecule has 1 aromatic rings. The maximum atomic E-state index is 10.5. The Morgan fingerprint density at radius 3 is 3.13 bits per heavy atom. The predicted molar refractivity (Wildman–Crippen MR) is 52.5 cm³/mol. The monoisotopic (exact) mass is 211 g/mol. The van der Waals surface area contributed by atoms with Crippen LogP contribution in [0.15, 0.2) is 12.4 Å². The lowest BCUT2D eigenvalue weighted by Crippen LogP contribution is -2.17. The molecule has 2 rings (SSSR count). The van der Waals surface area contributed by atoms with E-state index in [0.29, 0.717) is 5.92 Å². The van der Waals surface area contributed by atoms with Crippen molar-refractivity contribution in [2.45, 2.75) is 19.4 Å². The molecule has 1 fully saturated rings. The maximum absolute atomic E-state index is 10.5. The molecule has 2 unspecified atom stereocenters. The highest BCUT2D eigenvalue weighted by atomic mass is 16.6. The lowest BCUT2D eigenvalue weighted by molar-refractivity contribution is -0.385. The van der Waals surface area contributed by atoms with Crippen LogP contribution in [-0.4, -0.2) is 27.9 Å². The Bertz CT molecular complexity index is 357. The fraction of sp³-hybridized carbons (Fsp3) is 0.667. The van der Waals surface area contributed by atoms with Gasteiger partial charge in [-0.1, -0.05) is 0 Å². The summed E-state index contributed by atoms with van der Waals surface area (Å²) in [5.74, 6) is 0.407. The Kier molecular flexibility index (Phi) is 2.68. The molecule has 1 saturated heterocycles. The summed E-state index contributed by atoms with van der Waals surface area (Å²) in [6, 6.07) is 0.154. The van der Waals surface area contributed by atoms with Gasteiger partial charge in [0.25, 0.3) is 0 Å². The predicted octanol–water partition coefficient (Wildman–Crippen LogP) is 1.39. The van der Waals surface area contributed by atoms with Crippen LogP contribution in [0.5, 0.6) is 0 Å². The molecule has 2 atom stereocenters. The minimum atomic E-state index is -0.429. The van der Waals surface area contributed by atoms with E-state index in [2.05, 4.69) is 5.10 Å². The third-order valence-corrected chi connectivity index (χ3v) is 2.86. The minimum absolute atomic E-state index is 0.0424. The highest BCUT2D eigenvalue weighted by molar-refractivity contribution is 5.21. The Morgan fingerprint density at radius 2 is 2.60 bits per heavy atom. The van der Waals surface area contributed by atoms with Crippen LogP contribution in [0.4, 0.5) is 5.69 Å². The Balaban J connectivity index is 2.10. The SMILES string of the molecule is CC(C1CCOC1)n1cc([N+](=O)[O-])cn1. The van der Waals surface area contributed by atoms with Crippen molar-refractivity contribution in [1.82, 2.24) is 9.78 Å². The summed E-state index contributed by atoms with van der Waals surface area (Å²) in [6.07, 6.45) is 3.75. The first-order chi connectivity index (χ1) is 7.18. The van der Waals surface area contributed by atoms with Gasteiger partial charge in [-0.2, -0.15) is 5.10 Å². The molecule has 0 aliphatic carbocycles. The first-order valence-electron chi connectivity index (χ1n) is 4.95. The quantitative estimate of drug-likeness (QED) is 0.559. The Labute approximate surface area is 87.0 Å². The van der Waals surface area contributed by atoms with Gasteiger partial charge in [-0.15, -0.1) is 0 Å². The average Bonchev–Trinajstić information content (AvgIpc) is 2.88. The molecule has 1 aromatic heterocycles. The van der Waals surface area contributed by atoms with Crippen molar-refractivity contribution in [3.05, 3.63) is 22.5 Å². The van der Waals surface area contributed by atoms with Crippen LogP contribution in [0.3, 0.4) is 0 Å². The Hall–Kier alpha value is -1.43. The molecule has 2 heterocycles. The summed E-state index contributed by atoms with van der Waals surface area (Å²) in [4.78, 5) is 10.1. The van der Waals surface area contributed by atoms with Crippen LogP contribution in [0.2, 0.25) is 0 Å². The molecule has 0 spiro atoms. The lowest BCUT2D eigenvalue weighted by Gasteiger charge is -2.17. The fourth-order valence-electron chi connectivity index (χ4n) is 1.79. The second kappa shape index (κ2) is 3.98. The molecule has 6 nitrogen and oxygen atoms in total. The van der Waals surface area contributed by atoms with E-state index in [-0.39, 0.29) is 11.7 Å². The van der Waals surface area contributed by atoms with Gasteiger partial charge >= 0.3 is 5.69 Å². The fourth-order valence-corrected chi connectivity index (χ4v) is 1.79. The lowest BCUT2D eigenvalue weighted by atomic mass is 10.0. The molecule has 0 N–H and O–H groups in total. The molecular formula is C9H13N3O3. The first kappa shape index (κ1) is 10.1. The standard InChI is InChI=1S/C9H13N3O3/c1-7(8-2-3-15-6-8)11-5-9(4-10-11)12(13)14/h4-5,7-8H,2-3,6H2,1H3. The molecule has 6 heteroatoms. The maximum Gasteiger partial charge on any atom is 0.307 e. The van der Waals surface area contributed by atoms with Crippen molar-refractivity contribution in [2.75, 3.05) is 13.2 Å². The highest BCUT2D eigenvalue weighted by Crippen LogP contribution is 2.26. The number of hydrogen-bond acceptors (Lipinski definition) is 4. The molecule has 82 valence electrons. The Morgan fingerprint density at radius 1 is 1.80 bits per heavy atom. The second-order valence-electron chi connectivity index (χ2n) is 3.80. The number of nitro groups is 1. The van der Waals surface area contributed by atoms with Gasteiger partial charge in [-0.25, -0.2) is 0 Å². The zero-order chi connectivity index (χ0) is 10.8. The molecule has 1 aliphatic heterocycles. The van der Waals surface area contributed by atoms with Crippen LogP contribution in [0, 0.1) is 16.0 Å². The van der Waals surface area contributed by atoms with Crippen LogP contribution in [-0.2, 0) is 4.74 Å². The summed E-state index contributed by atoms with van der Waals surface area (Å²) in [5.41, 5.74) is 0.0424. The topological polar surface area (TPSA) is 70.2 Å². The number of rotatable bonds is 3. The van der Waals surface area contributed by atoms with E-state index in [4.69, 9.17) is 4.74 Å². The van der Waals surface area contributed by atoms with Gasteiger partial charge in [-0.05, 0) is 13.3 Å². The van der Waals surface area contributed by atoms with E-state index in [0.717, 1.165) is 19.6 Å². The summed E-state index contributed by atoms with van der Waals surface area (Å²) < 4.78 is 6.93. The summed E-state index contributed by atoms with van der Waals surface area (Å²) >= 11 is 0. The van der Waals surface area contributed by atoms with E-state index in [9.17, 15) is 10.1 Å². The smallest absolute Gasteiger partial charge is 0.307 e. The molecule has 0 aromatic carbocycles. The van der Waals surface area contributed by atoms with Crippen LogP contribution in [0.1, 0.15) is 19.4 Å². The van der Waals surface area contributed by atoms with E-state index in [1.54, 1.807) is 4.68 Å². The van der Waals surface area contributed by atoms with Gasteiger partial charge in [0.2, 0.25) is 0 Å². The number of ether oxygens (including phenoxy) is 1. The van der Waals surface area contributed by atoms with E-state index in [1.807, 2.05) is 6.92 Å². The number of hydrogen-bond donors (Lipinski definition) is 0. The highest BCUT2D eigenvalue weighted by Gasteiger charge is 2.25. The van der Waals surface area contributed by atoms with E-state index >= 15 is 0 Å². The summed E-state index contributed by atoms with van der Waals surface area (Å²) in [5, 5.41) is 14.5. The summed E-state index contributed by atoms with van der Waals surface area (Å²) in [6.45, 7) is 3.50. The van der Waals surface area contributed by atoms with E-state index in [1.165, 1.54) is 12.4 Å². The van der Waals surface area contributed by atoms with Gasteiger partial charge in [0.15, 0.2) is 0 Å². The van der Waals surface area contributed by atoms with Crippen molar-refractivity contribution in [3.63, 3.8) is 0 Å². The molecule has 15 heavy (non-hydrogen) atoms. The van der Waals surface area contributed by atoms with Gasteiger partial charge in [0.1, 0.15) is 12.4 Å². The number of nitrogens with zero attached hydrogens (tertiary/aromatic N) is 3. The summed E-state index contributed by atoms with van der Waals surface area (Å²) in [7, 11) is 0. The average molecular weight is 211 g/mol. The van der Waals surface area contributed by atoms with Gasteiger partial charge < -0.3 is 4.74 Å². The largest absolute Gasteiger partial charge is 0.381 e. The molecule has 0 saturated carbocycles. The number of aromatic nitrogens is 2. The van der Waals surface area contributed by atoms with Crippen molar-refractivity contribution in [1.29, 1.82) is 0 Å². The van der Waals surface area contributed by atoms with Crippen LogP contribution >= 0.6 is 0 Å². The van der Waals surface area contributed by atoms with Gasteiger partial charge in [0, 0.05) is 12.5 Å². The molecule has 0 radical (unpaired) electrons. The molecule has 0 amide bonds. The third kappa shape index (κ3) is 1.99. The van der Waals surface area contributed by atoms with Crippen LogP contribution < -0.4 is 0 Å². The third-order valence-electron chi connectivity index (χ3n) is 2.86. The minimum Gasteiger partial charge on any atom is -0.381 e. The van der Waals surface area contributed by atoms with Crippen molar-refractivity contribution in [3.8, 4) is 0 Å². The normalized spacial score (nSPS) is 22.9. The first-order valence-corrected chi connectivity index (χ1v) is 4.95. The van der Waals surface area contributed by atoms with Gasteiger partial charge in [0.05, 0.1) is 17.6 Å². The van der Waals surface area contributed by atoms with Crippen molar-refractivity contribution in [2.24, 2.45) is 5.92 Å². The van der Waals surface area contributed by atoms with Gasteiger partial charge in [-0.3, -0.25) is 14.8 Å². The van der Waals surface area contributed by atoms with Crippen LogP contribution in [0.25, 0.3) is 0 Å². The second-order valence-corrected chi connectivity index (χ2v) is 3.80.